The molecular formula is C26H22F3N3O6S. The Morgan fingerprint density at radius 1 is 1.03 bits per heavy atom. The minimum absolute atomic E-state index is 0.0160. The first-order valence-electron chi connectivity index (χ1n) is 11.2. The zero-order valence-electron chi connectivity index (χ0n) is 20.9. The van der Waals surface area contributed by atoms with Gasteiger partial charge in [0.2, 0.25) is 5.75 Å². The summed E-state index contributed by atoms with van der Waals surface area (Å²) in [6.45, 7) is -0.183. The van der Waals surface area contributed by atoms with Crippen molar-refractivity contribution < 1.29 is 37.4 Å². The number of thiazole rings is 1. The number of aromatic nitrogens is 1. The lowest BCUT2D eigenvalue weighted by Crippen LogP contribution is -2.17. The van der Waals surface area contributed by atoms with Gasteiger partial charge in [0.05, 0.1) is 49.7 Å². The van der Waals surface area contributed by atoms with E-state index in [4.69, 9.17) is 14.2 Å². The monoisotopic (exact) mass is 561 g/mol. The number of phenols is 1. The molecule has 204 valence electrons. The summed E-state index contributed by atoms with van der Waals surface area (Å²) in [5.74, 6) is 1.04. The van der Waals surface area contributed by atoms with Gasteiger partial charge in [-0.1, -0.05) is 6.07 Å². The quantitative estimate of drug-likeness (QED) is 0.204. The van der Waals surface area contributed by atoms with Gasteiger partial charge in [-0.2, -0.15) is 13.2 Å². The van der Waals surface area contributed by atoms with Gasteiger partial charge < -0.3 is 23.9 Å². The fraction of sp³-hybridized carbons (Fsp3) is 0.192. The van der Waals surface area contributed by atoms with E-state index in [0.717, 1.165) is 12.1 Å². The van der Waals surface area contributed by atoms with Crippen molar-refractivity contribution in [1.29, 1.82) is 0 Å². The summed E-state index contributed by atoms with van der Waals surface area (Å²) in [7, 11) is 4.36. The predicted molar refractivity (Wildman–Crippen MR) is 138 cm³/mol. The van der Waals surface area contributed by atoms with Gasteiger partial charge in [-0.15, -0.1) is 11.3 Å². The highest BCUT2D eigenvalue weighted by molar-refractivity contribution is 7.07. The average molecular weight is 562 g/mol. The van der Waals surface area contributed by atoms with Gasteiger partial charge in [-0.05, 0) is 35.9 Å². The highest BCUT2D eigenvalue weighted by atomic mass is 32.1. The van der Waals surface area contributed by atoms with Crippen LogP contribution in [0, 0.1) is 10.1 Å². The largest absolute Gasteiger partial charge is 0.508 e. The van der Waals surface area contributed by atoms with Crippen LogP contribution in [0.2, 0.25) is 0 Å². The lowest BCUT2D eigenvalue weighted by Gasteiger charge is -2.16. The van der Waals surface area contributed by atoms with Crippen molar-refractivity contribution in [3.63, 3.8) is 0 Å². The van der Waals surface area contributed by atoms with E-state index in [0.29, 0.717) is 45.1 Å². The normalized spacial score (nSPS) is 11.9. The molecule has 0 fully saturated rings. The molecular weight excluding hydrogens is 539 g/mol. The van der Waals surface area contributed by atoms with Crippen LogP contribution in [-0.2, 0) is 12.7 Å². The van der Waals surface area contributed by atoms with Crippen LogP contribution in [0.5, 0.6) is 23.0 Å². The third-order valence-corrected chi connectivity index (χ3v) is 6.53. The first-order valence-corrected chi connectivity index (χ1v) is 12.1. The molecule has 1 N–H and O–H groups in total. The topological polar surface area (TPSA) is 108 Å². The van der Waals surface area contributed by atoms with Gasteiger partial charge in [-0.25, -0.2) is 4.99 Å². The summed E-state index contributed by atoms with van der Waals surface area (Å²) in [5, 5.41) is 23.0. The van der Waals surface area contributed by atoms with Crippen LogP contribution in [0.25, 0.3) is 11.3 Å². The maximum Gasteiger partial charge on any atom is 0.416 e. The zero-order valence-corrected chi connectivity index (χ0v) is 21.7. The zero-order chi connectivity index (χ0) is 28.3. The third-order valence-electron chi connectivity index (χ3n) is 5.67. The van der Waals surface area contributed by atoms with Crippen LogP contribution < -0.4 is 19.0 Å². The van der Waals surface area contributed by atoms with E-state index in [1.165, 1.54) is 44.8 Å². The number of nitro groups is 1. The maximum absolute atomic E-state index is 13.6. The molecule has 0 aliphatic heterocycles. The summed E-state index contributed by atoms with van der Waals surface area (Å²) in [6, 6.07) is 12.0. The van der Waals surface area contributed by atoms with E-state index >= 15 is 0 Å². The first kappa shape index (κ1) is 27.5. The summed E-state index contributed by atoms with van der Waals surface area (Å²) in [5.41, 5.74) is -0.282. The molecule has 4 rings (SSSR count). The molecule has 0 saturated heterocycles. The summed E-state index contributed by atoms with van der Waals surface area (Å²) >= 11 is 1.19. The van der Waals surface area contributed by atoms with E-state index in [9.17, 15) is 28.4 Å². The number of rotatable bonds is 8. The molecule has 0 unspecified atom stereocenters. The molecule has 0 radical (unpaired) electrons. The predicted octanol–water partition coefficient (Wildman–Crippen LogP) is 6.16. The Balaban J connectivity index is 1.96. The molecule has 1 heterocycles. The maximum atomic E-state index is 13.6. The molecule has 39 heavy (non-hydrogen) atoms. The molecule has 3 aromatic carbocycles. The second-order valence-corrected chi connectivity index (χ2v) is 9.01. The SMILES string of the molecule is COc1cc(-c2csc(=Nc3cccc(O)c3)n2Cc2cc([N+](=O)[O-])cc(C(F)(F)F)c2)cc(OC)c1OC. The van der Waals surface area contributed by atoms with Crippen molar-refractivity contribution in [2.24, 2.45) is 4.99 Å². The number of nitrogens with zero attached hydrogens (tertiary/aromatic N) is 3. The number of benzene rings is 3. The van der Waals surface area contributed by atoms with Crippen LogP contribution in [0.3, 0.4) is 0 Å². The van der Waals surface area contributed by atoms with Crippen molar-refractivity contribution in [2.45, 2.75) is 12.7 Å². The number of hydrogen-bond acceptors (Lipinski definition) is 8. The molecule has 13 heteroatoms. The number of phenolic OH excluding ortho intramolecular Hbond substituents is 1. The Bertz CT molecular complexity index is 1570. The standard InChI is InChI=1S/C26H22F3N3O6S/c1-36-22-9-16(10-23(37-2)24(22)38-3)21-14-39-25(30-18-5-4-6-20(33)12-18)31(21)13-15-7-17(26(27,28)29)11-19(8-15)32(34)35/h4-12,14,33H,13H2,1-3H3. The smallest absolute Gasteiger partial charge is 0.416 e. The van der Waals surface area contributed by atoms with E-state index < -0.39 is 22.4 Å². The number of nitro benzene ring substituents is 1. The summed E-state index contributed by atoms with van der Waals surface area (Å²) in [4.78, 5) is 15.5. The second kappa shape index (κ2) is 11.1. The molecule has 1 aromatic heterocycles. The number of hydrogen-bond donors (Lipinski definition) is 1. The van der Waals surface area contributed by atoms with E-state index in [1.54, 1.807) is 34.2 Å². The Labute approximate surface area is 224 Å². The number of aromatic hydroxyl groups is 1. The van der Waals surface area contributed by atoms with Gasteiger partial charge >= 0.3 is 6.18 Å². The van der Waals surface area contributed by atoms with Crippen LogP contribution >= 0.6 is 11.3 Å². The molecule has 0 amide bonds. The molecule has 4 aromatic rings. The van der Waals surface area contributed by atoms with Crippen molar-refractivity contribution in [3.8, 4) is 34.3 Å². The Hall–Kier alpha value is -4.52. The summed E-state index contributed by atoms with van der Waals surface area (Å²) in [6.07, 6.45) is -4.78. The number of methoxy groups -OCH3 is 3. The lowest BCUT2D eigenvalue weighted by atomic mass is 10.1. The number of ether oxygens (including phenoxy) is 3. The van der Waals surface area contributed by atoms with Crippen molar-refractivity contribution in [2.75, 3.05) is 21.3 Å². The van der Waals surface area contributed by atoms with E-state index in [-0.39, 0.29) is 17.9 Å². The fourth-order valence-corrected chi connectivity index (χ4v) is 4.85. The Morgan fingerprint density at radius 2 is 1.72 bits per heavy atom. The van der Waals surface area contributed by atoms with Crippen molar-refractivity contribution >= 4 is 22.7 Å². The van der Waals surface area contributed by atoms with Crippen LogP contribution in [-0.4, -0.2) is 35.9 Å². The minimum Gasteiger partial charge on any atom is -0.508 e. The van der Waals surface area contributed by atoms with Gasteiger partial charge in [0.25, 0.3) is 5.69 Å². The fourth-order valence-electron chi connectivity index (χ4n) is 3.92. The third kappa shape index (κ3) is 5.98. The number of non-ortho nitro benzene ring substituents is 1. The average Bonchev–Trinajstić information content (AvgIpc) is 3.28. The van der Waals surface area contributed by atoms with Gasteiger partial charge in [0.15, 0.2) is 16.3 Å². The van der Waals surface area contributed by atoms with Crippen molar-refractivity contribution in [1.82, 2.24) is 4.57 Å². The molecule has 9 nitrogen and oxygen atoms in total. The minimum atomic E-state index is -4.78. The molecule has 0 spiro atoms. The highest BCUT2D eigenvalue weighted by Crippen LogP contribution is 2.41. The van der Waals surface area contributed by atoms with Crippen LogP contribution in [0.1, 0.15) is 11.1 Å². The van der Waals surface area contributed by atoms with E-state index in [1.807, 2.05) is 0 Å². The molecule has 0 saturated carbocycles. The highest BCUT2D eigenvalue weighted by Gasteiger charge is 2.33. The number of halogens is 3. The van der Waals surface area contributed by atoms with Crippen molar-refractivity contribution in [3.05, 3.63) is 86.0 Å². The molecule has 0 bridgehead atoms. The second-order valence-electron chi connectivity index (χ2n) is 8.18. The Kier molecular flexibility index (Phi) is 7.81. The van der Waals surface area contributed by atoms with E-state index in [2.05, 4.69) is 4.99 Å². The lowest BCUT2D eigenvalue weighted by molar-refractivity contribution is -0.385. The van der Waals surface area contributed by atoms with Gasteiger partial charge in [-0.3, -0.25) is 10.1 Å². The van der Waals surface area contributed by atoms with Gasteiger partial charge in [0.1, 0.15) is 5.75 Å². The van der Waals surface area contributed by atoms with Crippen LogP contribution in [0.15, 0.2) is 65.0 Å². The van der Waals surface area contributed by atoms with Crippen LogP contribution in [0.4, 0.5) is 24.5 Å². The van der Waals surface area contributed by atoms with Gasteiger partial charge in [0, 0.05) is 29.1 Å². The molecule has 0 aliphatic carbocycles. The first-order chi connectivity index (χ1) is 18.5. The Morgan fingerprint density at radius 3 is 2.28 bits per heavy atom. The number of alkyl halides is 3. The molecule has 0 aliphatic rings. The molecule has 0 atom stereocenters. The summed E-state index contributed by atoms with van der Waals surface area (Å²) < 4.78 is 58.6.